The van der Waals surface area contributed by atoms with Gasteiger partial charge in [0.15, 0.2) is 6.39 Å². The first-order valence-corrected chi connectivity index (χ1v) is 5.65. The monoisotopic (exact) mass is 207 g/mol. The molecule has 2 atom stereocenters. The number of nitrogens with one attached hydrogen (secondary N) is 1. The van der Waals surface area contributed by atoms with Crippen molar-refractivity contribution in [1.82, 2.24) is 15.2 Å². The average molecular weight is 207 g/mol. The molecule has 0 saturated carbocycles. The summed E-state index contributed by atoms with van der Waals surface area (Å²) in [5.74, 6) is 2.68. The smallest absolute Gasteiger partial charge is 0.181 e. The van der Waals surface area contributed by atoms with Crippen molar-refractivity contribution in [2.45, 2.75) is 13.5 Å². The number of aryl methyl sites for hydroxylation is 1. The van der Waals surface area contributed by atoms with E-state index in [2.05, 4.69) is 15.2 Å². The van der Waals surface area contributed by atoms with Gasteiger partial charge in [-0.15, -0.1) is 0 Å². The Kier molecular flexibility index (Phi) is 2.25. The van der Waals surface area contributed by atoms with Crippen molar-refractivity contribution in [3.63, 3.8) is 0 Å². The maximum absolute atomic E-state index is 5.22. The molecule has 15 heavy (non-hydrogen) atoms. The van der Waals surface area contributed by atoms with E-state index in [1.807, 2.05) is 6.92 Å². The van der Waals surface area contributed by atoms with Crippen molar-refractivity contribution >= 4 is 0 Å². The van der Waals surface area contributed by atoms with Gasteiger partial charge in [0.1, 0.15) is 5.76 Å². The number of hydrogen-bond donors (Lipinski definition) is 1. The van der Waals surface area contributed by atoms with E-state index >= 15 is 0 Å². The van der Waals surface area contributed by atoms with Crippen LogP contribution in [0.15, 0.2) is 10.8 Å². The number of hydrogen-bond acceptors (Lipinski definition) is 4. The van der Waals surface area contributed by atoms with E-state index in [4.69, 9.17) is 4.42 Å². The molecule has 1 N–H and O–H groups in total. The second-order valence-corrected chi connectivity index (χ2v) is 4.73. The molecule has 2 fully saturated rings. The van der Waals surface area contributed by atoms with Gasteiger partial charge in [-0.1, -0.05) is 0 Å². The van der Waals surface area contributed by atoms with Crippen molar-refractivity contribution in [3.05, 3.63) is 17.8 Å². The van der Waals surface area contributed by atoms with E-state index in [0.717, 1.165) is 29.8 Å². The fourth-order valence-electron chi connectivity index (χ4n) is 2.77. The molecule has 0 aromatic carbocycles. The van der Waals surface area contributed by atoms with Crippen LogP contribution in [0.4, 0.5) is 0 Å². The molecule has 0 amide bonds. The predicted molar refractivity (Wildman–Crippen MR) is 56.4 cm³/mol. The van der Waals surface area contributed by atoms with Crippen molar-refractivity contribution in [2.24, 2.45) is 11.8 Å². The minimum Gasteiger partial charge on any atom is -0.448 e. The highest BCUT2D eigenvalue weighted by molar-refractivity contribution is 5.05. The summed E-state index contributed by atoms with van der Waals surface area (Å²) >= 11 is 0. The predicted octanol–water partition coefficient (Wildman–Crippen LogP) is 0.634. The highest BCUT2D eigenvalue weighted by Gasteiger charge is 2.36. The highest BCUT2D eigenvalue weighted by Crippen LogP contribution is 2.27. The molecule has 3 rings (SSSR count). The van der Waals surface area contributed by atoms with Gasteiger partial charge in [-0.05, 0) is 31.8 Å². The van der Waals surface area contributed by atoms with E-state index in [0.29, 0.717) is 0 Å². The van der Waals surface area contributed by atoms with Crippen LogP contribution in [0, 0.1) is 18.8 Å². The van der Waals surface area contributed by atoms with Crippen LogP contribution < -0.4 is 5.32 Å². The van der Waals surface area contributed by atoms with Crippen LogP contribution in [-0.2, 0) is 6.54 Å². The third kappa shape index (κ3) is 1.68. The molecule has 82 valence electrons. The van der Waals surface area contributed by atoms with Gasteiger partial charge >= 0.3 is 0 Å². The quantitative estimate of drug-likeness (QED) is 0.772. The molecule has 2 aliphatic rings. The standard InChI is InChI=1S/C11H17N3O/c1-8-11(13-7-15-8)6-14-4-9-2-12-3-10(9)5-14/h7,9-10,12H,2-6H2,1H3/t9-,10+. The molecular weight excluding hydrogens is 190 g/mol. The molecule has 1 aromatic rings. The van der Waals surface area contributed by atoms with Crippen molar-refractivity contribution in [1.29, 1.82) is 0 Å². The second-order valence-electron chi connectivity index (χ2n) is 4.73. The summed E-state index contributed by atoms with van der Waals surface area (Å²) in [5, 5.41) is 3.45. The number of nitrogens with zero attached hydrogens (tertiary/aromatic N) is 2. The van der Waals surface area contributed by atoms with Gasteiger partial charge in [0.25, 0.3) is 0 Å². The Balaban J connectivity index is 1.64. The van der Waals surface area contributed by atoms with Gasteiger partial charge in [0, 0.05) is 19.6 Å². The zero-order valence-electron chi connectivity index (χ0n) is 9.07. The first-order valence-electron chi connectivity index (χ1n) is 5.65. The summed E-state index contributed by atoms with van der Waals surface area (Å²) in [6.45, 7) is 7.75. The Hall–Kier alpha value is -0.870. The first-order chi connectivity index (χ1) is 7.33. The van der Waals surface area contributed by atoms with E-state index in [-0.39, 0.29) is 0 Å². The number of rotatable bonds is 2. The van der Waals surface area contributed by atoms with Gasteiger partial charge in [0.05, 0.1) is 5.69 Å². The molecule has 0 unspecified atom stereocenters. The third-order valence-electron chi connectivity index (χ3n) is 3.68. The van der Waals surface area contributed by atoms with E-state index < -0.39 is 0 Å². The van der Waals surface area contributed by atoms with Crippen LogP contribution >= 0.6 is 0 Å². The van der Waals surface area contributed by atoms with Gasteiger partial charge in [-0.2, -0.15) is 0 Å². The lowest BCUT2D eigenvalue weighted by Crippen LogP contribution is -2.25. The maximum atomic E-state index is 5.22. The third-order valence-corrected chi connectivity index (χ3v) is 3.68. The Morgan fingerprint density at radius 3 is 2.80 bits per heavy atom. The van der Waals surface area contributed by atoms with Crippen LogP contribution in [-0.4, -0.2) is 36.1 Å². The summed E-state index contributed by atoms with van der Waals surface area (Å²) < 4.78 is 5.22. The van der Waals surface area contributed by atoms with E-state index in [1.54, 1.807) is 6.39 Å². The van der Waals surface area contributed by atoms with Crippen molar-refractivity contribution in [2.75, 3.05) is 26.2 Å². The van der Waals surface area contributed by atoms with Crippen LogP contribution in [0.3, 0.4) is 0 Å². The molecule has 3 heterocycles. The number of aromatic nitrogens is 1. The Morgan fingerprint density at radius 1 is 1.47 bits per heavy atom. The zero-order chi connectivity index (χ0) is 10.3. The van der Waals surface area contributed by atoms with E-state index in [9.17, 15) is 0 Å². The van der Waals surface area contributed by atoms with Gasteiger partial charge < -0.3 is 9.73 Å². The molecule has 4 nitrogen and oxygen atoms in total. The maximum Gasteiger partial charge on any atom is 0.181 e. The van der Waals surface area contributed by atoms with Crippen LogP contribution in [0.25, 0.3) is 0 Å². The molecule has 0 aliphatic carbocycles. The average Bonchev–Trinajstić information content (AvgIpc) is 2.83. The number of oxazole rings is 1. The molecule has 4 heteroatoms. The number of likely N-dealkylation sites (tertiary alicyclic amines) is 1. The molecule has 1 aromatic heterocycles. The molecule has 2 aliphatic heterocycles. The summed E-state index contributed by atoms with van der Waals surface area (Å²) in [4.78, 5) is 6.75. The minimum absolute atomic E-state index is 0.859. The second kappa shape index (κ2) is 3.61. The van der Waals surface area contributed by atoms with E-state index in [1.165, 1.54) is 26.2 Å². The fraction of sp³-hybridized carbons (Fsp3) is 0.727. The van der Waals surface area contributed by atoms with Crippen LogP contribution in [0.1, 0.15) is 11.5 Å². The van der Waals surface area contributed by atoms with Crippen molar-refractivity contribution < 1.29 is 4.42 Å². The van der Waals surface area contributed by atoms with Gasteiger partial charge in [-0.3, -0.25) is 4.90 Å². The van der Waals surface area contributed by atoms with Gasteiger partial charge in [-0.25, -0.2) is 4.98 Å². The SMILES string of the molecule is Cc1ocnc1CN1C[C@H]2CNC[C@H]2C1. The largest absolute Gasteiger partial charge is 0.448 e. The topological polar surface area (TPSA) is 41.3 Å². The summed E-state index contributed by atoms with van der Waals surface area (Å²) in [5.41, 5.74) is 1.10. The van der Waals surface area contributed by atoms with Crippen LogP contribution in [0.5, 0.6) is 0 Å². The van der Waals surface area contributed by atoms with Gasteiger partial charge in [0.2, 0.25) is 0 Å². The lowest BCUT2D eigenvalue weighted by molar-refractivity contribution is 0.300. The lowest BCUT2D eigenvalue weighted by Gasteiger charge is -2.15. The molecular formula is C11H17N3O. The molecule has 0 radical (unpaired) electrons. The number of fused-ring (bicyclic) bond motifs is 1. The highest BCUT2D eigenvalue weighted by atomic mass is 16.3. The zero-order valence-corrected chi connectivity index (χ0v) is 9.07. The molecule has 0 spiro atoms. The Labute approximate surface area is 89.7 Å². The Bertz CT molecular complexity index is 337. The summed E-state index contributed by atoms with van der Waals surface area (Å²) in [6.07, 6.45) is 1.54. The van der Waals surface area contributed by atoms with Crippen LogP contribution in [0.2, 0.25) is 0 Å². The first kappa shape index (κ1) is 9.36. The summed E-state index contributed by atoms with van der Waals surface area (Å²) in [6, 6.07) is 0. The minimum atomic E-state index is 0.859. The molecule has 2 saturated heterocycles. The fourth-order valence-corrected chi connectivity index (χ4v) is 2.77. The van der Waals surface area contributed by atoms with Crippen molar-refractivity contribution in [3.8, 4) is 0 Å². The summed E-state index contributed by atoms with van der Waals surface area (Å²) in [7, 11) is 0. The Morgan fingerprint density at radius 2 is 2.20 bits per heavy atom. The normalized spacial score (nSPS) is 31.0. The molecule has 0 bridgehead atoms. The lowest BCUT2D eigenvalue weighted by atomic mass is 10.0.